The summed E-state index contributed by atoms with van der Waals surface area (Å²) in [7, 11) is 1.43. The second-order valence-electron chi connectivity index (χ2n) is 6.82. The molecular formula is C17H23N3O4. The Morgan fingerprint density at radius 3 is 2.79 bits per heavy atom. The van der Waals surface area contributed by atoms with Gasteiger partial charge in [-0.3, -0.25) is 14.9 Å². The van der Waals surface area contributed by atoms with Crippen molar-refractivity contribution in [3.05, 3.63) is 28.3 Å². The Kier molecular flexibility index (Phi) is 4.71. The van der Waals surface area contributed by atoms with Gasteiger partial charge in [0.1, 0.15) is 5.75 Å². The van der Waals surface area contributed by atoms with Crippen LogP contribution in [0.25, 0.3) is 0 Å². The van der Waals surface area contributed by atoms with Crippen molar-refractivity contribution in [2.24, 2.45) is 5.41 Å². The van der Waals surface area contributed by atoms with Gasteiger partial charge in [0.25, 0.3) is 5.69 Å². The minimum absolute atomic E-state index is 0.0623. The third-order valence-electron chi connectivity index (χ3n) is 5.26. The number of non-ortho nitro benzene ring substituents is 1. The van der Waals surface area contributed by atoms with Crippen molar-refractivity contribution in [2.45, 2.75) is 32.1 Å². The van der Waals surface area contributed by atoms with Gasteiger partial charge in [-0.1, -0.05) is 6.42 Å². The van der Waals surface area contributed by atoms with Crippen molar-refractivity contribution in [1.82, 2.24) is 4.90 Å². The lowest BCUT2D eigenvalue weighted by atomic mass is 9.68. The van der Waals surface area contributed by atoms with Crippen molar-refractivity contribution in [1.29, 1.82) is 0 Å². The van der Waals surface area contributed by atoms with Crippen LogP contribution < -0.4 is 10.1 Å². The molecule has 1 spiro atoms. The number of carbonyl (C=O) groups excluding carboxylic acids is 1. The number of nitro groups is 1. The molecule has 0 radical (unpaired) electrons. The normalized spacial score (nSPS) is 19.0. The Morgan fingerprint density at radius 2 is 2.21 bits per heavy atom. The number of rotatable bonds is 6. The highest BCUT2D eigenvalue weighted by molar-refractivity contribution is 5.92. The molecule has 2 fully saturated rings. The van der Waals surface area contributed by atoms with E-state index in [0.29, 0.717) is 23.3 Å². The standard InChI is InChI=1S/C17H23N3O4/c1-24-15-11-13(20(22)23)3-4-14(15)18-16(21)5-9-19-10-8-17(12-19)6-2-7-17/h3-4,11H,2,5-10,12H2,1H3,(H,18,21). The minimum Gasteiger partial charge on any atom is -0.494 e. The summed E-state index contributed by atoms with van der Waals surface area (Å²) in [6.45, 7) is 2.94. The van der Waals surface area contributed by atoms with Crippen LogP contribution in [0.3, 0.4) is 0 Å². The van der Waals surface area contributed by atoms with Gasteiger partial charge in [0.2, 0.25) is 5.91 Å². The molecule has 1 saturated carbocycles. The third kappa shape index (κ3) is 3.51. The first-order chi connectivity index (χ1) is 11.5. The van der Waals surface area contributed by atoms with Gasteiger partial charge in [0.15, 0.2) is 0 Å². The van der Waals surface area contributed by atoms with Crippen molar-refractivity contribution < 1.29 is 14.5 Å². The quantitative estimate of drug-likeness (QED) is 0.639. The van der Waals surface area contributed by atoms with Crippen molar-refractivity contribution in [2.75, 3.05) is 32.1 Å². The van der Waals surface area contributed by atoms with Gasteiger partial charge >= 0.3 is 0 Å². The average Bonchev–Trinajstić information content (AvgIpc) is 2.98. The molecule has 24 heavy (non-hydrogen) atoms. The van der Waals surface area contributed by atoms with E-state index in [1.807, 2.05) is 0 Å². The summed E-state index contributed by atoms with van der Waals surface area (Å²) in [6.07, 6.45) is 5.67. The second kappa shape index (κ2) is 6.76. The molecule has 1 heterocycles. The number of hydrogen-bond acceptors (Lipinski definition) is 5. The summed E-state index contributed by atoms with van der Waals surface area (Å²) in [5, 5.41) is 13.6. The number of methoxy groups -OCH3 is 1. The number of hydrogen-bond donors (Lipinski definition) is 1. The van der Waals surface area contributed by atoms with Gasteiger partial charge in [0, 0.05) is 25.6 Å². The molecule has 1 N–H and O–H groups in total. The van der Waals surface area contributed by atoms with Crippen LogP contribution in [-0.4, -0.2) is 42.5 Å². The average molecular weight is 333 g/mol. The fraction of sp³-hybridized carbons (Fsp3) is 0.588. The zero-order valence-corrected chi connectivity index (χ0v) is 13.9. The number of ether oxygens (including phenoxy) is 1. The fourth-order valence-electron chi connectivity index (χ4n) is 3.67. The fourth-order valence-corrected chi connectivity index (χ4v) is 3.67. The highest BCUT2D eigenvalue weighted by Crippen LogP contribution is 2.47. The summed E-state index contributed by atoms with van der Waals surface area (Å²) in [4.78, 5) is 24.8. The number of benzene rings is 1. The number of nitrogens with one attached hydrogen (secondary N) is 1. The van der Waals surface area contributed by atoms with E-state index >= 15 is 0 Å². The first-order valence-electron chi connectivity index (χ1n) is 8.36. The highest BCUT2D eigenvalue weighted by Gasteiger charge is 2.42. The predicted molar refractivity (Wildman–Crippen MR) is 90.2 cm³/mol. The van der Waals surface area contributed by atoms with Gasteiger partial charge in [-0.25, -0.2) is 0 Å². The maximum atomic E-state index is 12.2. The molecule has 130 valence electrons. The van der Waals surface area contributed by atoms with E-state index in [1.165, 1.54) is 51.0 Å². The molecule has 0 aromatic heterocycles. The minimum atomic E-state index is -0.488. The van der Waals surface area contributed by atoms with Gasteiger partial charge in [-0.05, 0) is 37.3 Å². The molecule has 1 aromatic carbocycles. The number of amides is 1. The molecule has 3 rings (SSSR count). The molecule has 1 aromatic rings. The van der Waals surface area contributed by atoms with E-state index < -0.39 is 4.92 Å². The Balaban J connectivity index is 1.52. The maximum absolute atomic E-state index is 12.2. The molecule has 1 saturated heterocycles. The molecule has 1 aliphatic carbocycles. The SMILES string of the molecule is COc1cc([N+](=O)[O-])ccc1NC(=O)CCN1CCC2(CCC2)C1. The van der Waals surface area contributed by atoms with Crippen LogP contribution in [0.2, 0.25) is 0 Å². The molecular weight excluding hydrogens is 310 g/mol. The van der Waals surface area contributed by atoms with Crippen molar-refractivity contribution in [3.63, 3.8) is 0 Å². The van der Waals surface area contributed by atoms with Gasteiger partial charge in [0.05, 0.1) is 23.8 Å². The van der Waals surface area contributed by atoms with Crippen LogP contribution in [0.4, 0.5) is 11.4 Å². The molecule has 1 aliphatic heterocycles. The van der Waals surface area contributed by atoms with Crippen LogP contribution in [0.5, 0.6) is 5.75 Å². The van der Waals surface area contributed by atoms with E-state index in [1.54, 1.807) is 0 Å². The molecule has 0 unspecified atom stereocenters. The first kappa shape index (κ1) is 16.7. The summed E-state index contributed by atoms with van der Waals surface area (Å²) in [6, 6.07) is 4.18. The Morgan fingerprint density at radius 1 is 1.42 bits per heavy atom. The predicted octanol–water partition coefficient (Wildman–Crippen LogP) is 2.81. The molecule has 7 nitrogen and oxygen atoms in total. The summed E-state index contributed by atoms with van der Waals surface area (Å²) in [5.74, 6) is 0.198. The lowest BCUT2D eigenvalue weighted by Gasteiger charge is -2.38. The maximum Gasteiger partial charge on any atom is 0.273 e. The zero-order valence-electron chi connectivity index (χ0n) is 13.9. The Bertz CT molecular complexity index is 643. The van der Waals surface area contributed by atoms with Gasteiger partial charge in [-0.2, -0.15) is 0 Å². The number of nitro benzene ring substituents is 1. The summed E-state index contributed by atoms with van der Waals surface area (Å²) >= 11 is 0. The number of likely N-dealkylation sites (tertiary alicyclic amines) is 1. The van der Waals surface area contributed by atoms with E-state index in [9.17, 15) is 14.9 Å². The van der Waals surface area contributed by atoms with Crippen molar-refractivity contribution >= 4 is 17.3 Å². The summed E-state index contributed by atoms with van der Waals surface area (Å²) < 4.78 is 5.13. The van der Waals surface area contributed by atoms with Gasteiger partial charge in [-0.15, -0.1) is 0 Å². The topological polar surface area (TPSA) is 84.7 Å². The number of carbonyl (C=O) groups is 1. The van der Waals surface area contributed by atoms with Crippen LogP contribution >= 0.6 is 0 Å². The van der Waals surface area contributed by atoms with Crippen LogP contribution in [0, 0.1) is 15.5 Å². The smallest absolute Gasteiger partial charge is 0.273 e. The highest BCUT2D eigenvalue weighted by atomic mass is 16.6. The summed E-state index contributed by atoms with van der Waals surface area (Å²) in [5.41, 5.74) is 0.940. The molecule has 2 aliphatic rings. The van der Waals surface area contributed by atoms with Crippen LogP contribution in [0.1, 0.15) is 32.1 Å². The van der Waals surface area contributed by atoms with E-state index in [0.717, 1.165) is 19.6 Å². The van der Waals surface area contributed by atoms with Gasteiger partial charge < -0.3 is 15.0 Å². The van der Waals surface area contributed by atoms with E-state index in [4.69, 9.17) is 4.74 Å². The van der Waals surface area contributed by atoms with Crippen molar-refractivity contribution in [3.8, 4) is 5.75 Å². The van der Waals surface area contributed by atoms with E-state index in [2.05, 4.69) is 10.2 Å². The largest absolute Gasteiger partial charge is 0.494 e. The number of nitrogens with zero attached hydrogens (tertiary/aromatic N) is 2. The monoisotopic (exact) mass is 333 g/mol. The molecule has 0 atom stereocenters. The lowest BCUT2D eigenvalue weighted by molar-refractivity contribution is -0.384. The zero-order chi connectivity index (χ0) is 17.2. The van der Waals surface area contributed by atoms with Crippen LogP contribution in [0.15, 0.2) is 18.2 Å². The lowest BCUT2D eigenvalue weighted by Crippen LogP contribution is -2.34. The Labute approximate surface area is 141 Å². The van der Waals surface area contributed by atoms with E-state index in [-0.39, 0.29) is 11.6 Å². The second-order valence-corrected chi connectivity index (χ2v) is 6.82. The number of anilines is 1. The third-order valence-corrected chi connectivity index (χ3v) is 5.26. The molecule has 7 heteroatoms. The Hall–Kier alpha value is -2.15. The first-order valence-corrected chi connectivity index (χ1v) is 8.36. The molecule has 0 bridgehead atoms. The molecule has 1 amide bonds. The van der Waals surface area contributed by atoms with Crippen LogP contribution in [-0.2, 0) is 4.79 Å².